The molecule has 1 nitrogen and oxygen atoms in total. The lowest BCUT2D eigenvalue weighted by molar-refractivity contribution is 0.931. The van der Waals surface area contributed by atoms with Gasteiger partial charge in [0.1, 0.15) is 0 Å². The van der Waals surface area contributed by atoms with Crippen molar-refractivity contribution in [2.45, 2.75) is 0 Å². The molecule has 0 saturated heterocycles. The van der Waals surface area contributed by atoms with Crippen LogP contribution in [0.25, 0.3) is 31.3 Å². The van der Waals surface area contributed by atoms with E-state index in [1.165, 1.54) is 31.3 Å². The van der Waals surface area contributed by atoms with Crippen LogP contribution in [0.2, 0.25) is 0 Å². The molecule has 0 spiro atoms. The van der Waals surface area contributed by atoms with E-state index >= 15 is 0 Å². The van der Waals surface area contributed by atoms with Crippen LogP contribution in [0.5, 0.6) is 0 Å². The Balaban J connectivity index is 1.39. The van der Waals surface area contributed by atoms with Crippen molar-refractivity contribution >= 4 is 51.1 Å². The van der Waals surface area contributed by atoms with Crippen LogP contribution in [0.3, 0.4) is 0 Å². The third kappa shape index (κ3) is 4.29. The molecular formula is C30H21NS3+. The Hall–Kier alpha value is -3.28. The first-order valence-corrected chi connectivity index (χ1v) is 13.7. The summed E-state index contributed by atoms with van der Waals surface area (Å²) < 4.78 is 0. The zero-order chi connectivity index (χ0) is 22.7. The highest BCUT2D eigenvalue weighted by Gasteiger charge is 2.26. The minimum absolute atomic E-state index is 1.15. The largest absolute Gasteiger partial charge is 0.192 e. The second-order valence-electron chi connectivity index (χ2n) is 7.91. The van der Waals surface area contributed by atoms with Gasteiger partial charge in [-0.05, 0) is 87.4 Å². The summed E-state index contributed by atoms with van der Waals surface area (Å²) in [5.41, 5.74) is 7.19. The van der Waals surface area contributed by atoms with Gasteiger partial charge in [0, 0.05) is 51.0 Å². The fourth-order valence-corrected chi connectivity index (χ4v) is 6.30. The Kier molecular flexibility index (Phi) is 5.96. The van der Waals surface area contributed by atoms with E-state index in [4.69, 9.17) is 0 Å². The van der Waals surface area contributed by atoms with Gasteiger partial charge in [0.15, 0.2) is 17.1 Å². The van der Waals surface area contributed by atoms with Crippen LogP contribution in [0.4, 0.5) is 17.1 Å². The van der Waals surface area contributed by atoms with Gasteiger partial charge < -0.3 is 0 Å². The van der Waals surface area contributed by atoms with Crippen LogP contribution in [-0.2, 0) is 0 Å². The molecule has 3 heterocycles. The second-order valence-corrected chi connectivity index (χ2v) is 10.8. The quantitative estimate of drug-likeness (QED) is 0.204. The molecule has 0 unspecified atom stereocenters. The summed E-state index contributed by atoms with van der Waals surface area (Å²) in [7, 11) is 0. The summed E-state index contributed by atoms with van der Waals surface area (Å²) >= 11 is 5.32. The standard InChI is InChI=1S/C30H21NS3/c1-4-28(32-19-1)22-7-13-25(14-8-22)31(26-15-9-23(10-16-26)29-5-2-20-33-29)27-17-11-24(12-18-27)30-6-3-21-34-30/h1-21H/q+1. The molecule has 34 heavy (non-hydrogen) atoms. The van der Waals surface area contributed by atoms with E-state index in [9.17, 15) is 0 Å². The Labute approximate surface area is 211 Å². The van der Waals surface area contributed by atoms with Crippen molar-refractivity contribution in [2.75, 3.05) is 0 Å². The van der Waals surface area contributed by atoms with Gasteiger partial charge in [0.05, 0.1) is 0 Å². The van der Waals surface area contributed by atoms with E-state index in [-0.39, 0.29) is 0 Å². The molecule has 163 valence electrons. The van der Waals surface area contributed by atoms with Gasteiger partial charge in [-0.3, -0.25) is 0 Å². The monoisotopic (exact) mass is 491 g/mol. The van der Waals surface area contributed by atoms with Gasteiger partial charge in [-0.2, -0.15) is 0 Å². The first kappa shape index (κ1) is 21.3. The summed E-state index contributed by atoms with van der Waals surface area (Å²) in [6, 6.07) is 39.4. The molecule has 0 aliphatic rings. The van der Waals surface area contributed by atoms with Gasteiger partial charge in [-0.1, -0.05) is 23.1 Å². The maximum Gasteiger partial charge on any atom is 0.192 e. The van der Waals surface area contributed by atoms with E-state index in [1.54, 1.807) is 34.0 Å². The van der Waals surface area contributed by atoms with Gasteiger partial charge >= 0.3 is 0 Å². The summed E-state index contributed by atoms with van der Waals surface area (Å²) in [6.07, 6.45) is 0. The maximum absolute atomic E-state index is 2.33. The van der Waals surface area contributed by atoms with Crippen molar-refractivity contribution in [1.29, 1.82) is 0 Å². The van der Waals surface area contributed by atoms with Crippen molar-refractivity contribution in [3.05, 3.63) is 125 Å². The van der Waals surface area contributed by atoms with E-state index in [0.29, 0.717) is 0 Å². The molecule has 0 N–H and O–H groups in total. The van der Waals surface area contributed by atoms with Crippen LogP contribution >= 0.6 is 34.0 Å². The molecule has 1 radical (unpaired) electrons. The number of thiophene rings is 3. The van der Waals surface area contributed by atoms with Crippen LogP contribution in [0.1, 0.15) is 0 Å². The zero-order valence-corrected chi connectivity index (χ0v) is 20.7. The van der Waals surface area contributed by atoms with E-state index in [2.05, 4.69) is 130 Å². The summed E-state index contributed by atoms with van der Waals surface area (Å²) in [6.45, 7) is 0. The zero-order valence-electron chi connectivity index (χ0n) is 18.3. The lowest BCUT2D eigenvalue weighted by Crippen LogP contribution is -2.11. The molecule has 0 bridgehead atoms. The van der Waals surface area contributed by atoms with Gasteiger partial charge in [0.25, 0.3) is 0 Å². The molecule has 0 atom stereocenters. The van der Waals surface area contributed by atoms with Gasteiger partial charge in [-0.15, -0.1) is 34.0 Å². The number of benzene rings is 3. The predicted octanol–water partition coefficient (Wildman–Crippen LogP) is 10.3. The molecule has 0 saturated carbocycles. The highest BCUT2D eigenvalue weighted by molar-refractivity contribution is 7.14. The summed E-state index contributed by atoms with van der Waals surface area (Å²) in [5.74, 6) is 0. The molecule has 3 aromatic carbocycles. The highest BCUT2D eigenvalue weighted by atomic mass is 32.1. The molecule has 4 heteroatoms. The number of rotatable bonds is 6. The smallest absolute Gasteiger partial charge is 0.144 e. The van der Waals surface area contributed by atoms with Crippen molar-refractivity contribution in [2.24, 2.45) is 0 Å². The van der Waals surface area contributed by atoms with Crippen LogP contribution in [0.15, 0.2) is 125 Å². The first-order valence-electron chi connectivity index (χ1n) is 11.1. The number of anilines is 3. The number of nitrogens with zero attached hydrogens (tertiary/aromatic N) is 1. The first-order chi connectivity index (χ1) is 16.8. The Bertz CT molecular complexity index is 1260. The summed E-state index contributed by atoms with van der Waals surface area (Å²) in [5, 5.41) is 6.37. The predicted molar refractivity (Wildman–Crippen MR) is 150 cm³/mol. The van der Waals surface area contributed by atoms with Gasteiger partial charge in [-0.25, -0.2) is 0 Å². The second kappa shape index (κ2) is 9.53. The Morgan fingerprint density at radius 2 is 0.647 bits per heavy atom. The molecule has 0 aliphatic heterocycles. The average Bonchev–Trinajstić information content (AvgIpc) is 3.69. The lowest BCUT2D eigenvalue weighted by Gasteiger charge is -2.12. The van der Waals surface area contributed by atoms with E-state index in [1.807, 2.05) is 0 Å². The van der Waals surface area contributed by atoms with Crippen molar-refractivity contribution < 1.29 is 0 Å². The molecule has 3 aromatic heterocycles. The molecule has 6 aromatic rings. The van der Waals surface area contributed by atoms with Crippen molar-refractivity contribution in [1.82, 2.24) is 4.90 Å². The van der Waals surface area contributed by atoms with E-state index < -0.39 is 0 Å². The fourth-order valence-electron chi connectivity index (χ4n) is 4.10. The minimum Gasteiger partial charge on any atom is -0.144 e. The Morgan fingerprint density at radius 1 is 0.353 bits per heavy atom. The molecule has 6 rings (SSSR count). The van der Waals surface area contributed by atoms with Crippen LogP contribution in [-0.4, -0.2) is 0 Å². The van der Waals surface area contributed by atoms with E-state index in [0.717, 1.165) is 17.1 Å². The normalized spacial score (nSPS) is 11.2. The average molecular weight is 492 g/mol. The molecule has 0 amide bonds. The third-order valence-electron chi connectivity index (χ3n) is 5.79. The summed E-state index contributed by atoms with van der Waals surface area (Å²) in [4.78, 5) is 6.20. The third-order valence-corrected chi connectivity index (χ3v) is 8.55. The number of hydrogen-bond donors (Lipinski definition) is 0. The van der Waals surface area contributed by atoms with Crippen LogP contribution < -0.4 is 4.90 Å². The number of hydrogen-bond acceptors (Lipinski definition) is 4. The topological polar surface area (TPSA) is 5.90 Å². The molecular weight excluding hydrogens is 471 g/mol. The highest BCUT2D eigenvalue weighted by Crippen LogP contribution is 2.38. The Morgan fingerprint density at radius 3 is 0.882 bits per heavy atom. The van der Waals surface area contributed by atoms with Crippen molar-refractivity contribution in [3.63, 3.8) is 0 Å². The fraction of sp³-hybridized carbons (Fsp3) is 0. The minimum atomic E-state index is 1.15. The SMILES string of the molecule is c1csc(-c2ccc([N+](c3ccc(-c4cccs4)cc3)c3ccc(-c4cccs4)cc3)cc2)c1. The molecule has 0 aliphatic carbocycles. The van der Waals surface area contributed by atoms with Crippen molar-refractivity contribution in [3.8, 4) is 31.3 Å². The molecule has 0 fully saturated rings. The van der Waals surface area contributed by atoms with Gasteiger partial charge in [0.2, 0.25) is 0 Å². The van der Waals surface area contributed by atoms with Crippen LogP contribution in [0, 0.1) is 0 Å². The lowest BCUT2D eigenvalue weighted by atomic mass is 10.1. The maximum atomic E-state index is 2.33.